The fourth-order valence-electron chi connectivity index (χ4n) is 3.28. The number of rotatable bonds is 5. The Morgan fingerprint density at radius 2 is 2.14 bits per heavy atom. The largest absolute Gasteiger partial charge is 0.368 e. The van der Waals surface area contributed by atoms with E-state index >= 15 is 0 Å². The number of piperidine rings is 1. The fraction of sp³-hybridized carbons (Fsp3) is 0.667. The minimum absolute atomic E-state index is 0.400. The smallest absolute Gasteiger partial charge is 0.0428 e. The second-order valence-electron chi connectivity index (χ2n) is 6.43. The molecule has 118 valence electrons. The summed E-state index contributed by atoms with van der Waals surface area (Å²) in [5.41, 5.74) is 2.83. The minimum Gasteiger partial charge on any atom is -0.368 e. The Bertz CT molecular complexity index is 461. The number of benzene rings is 1. The maximum atomic E-state index is 3.65. The summed E-state index contributed by atoms with van der Waals surface area (Å²) in [5.74, 6) is 0.768. The quantitative estimate of drug-likeness (QED) is 0.789. The molecule has 0 spiro atoms. The molecule has 3 unspecified atom stereocenters. The maximum Gasteiger partial charge on any atom is 0.0428 e. The molecule has 2 rings (SSSR count). The Morgan fingerprint density at radius 3 is 2.86 bits per heavy atom. The fourth-order valence-corrected chi connectivity index (χ4v) is 3.63. The van der Waals surface area contributed by atoms with Gasteiger partial charge in [-0.15, -0.1) is 0 Å². The van der Waals surface area contributed by atoms with Crippen LogP contribution in [0, 0.1) is 5.92 Å². The van der Waals surface area contributed by atoms with E-state index < -0.39 is 0 Å². The van der Waals surface area contributed by atoms with Crippen molar-refractivity contribution in [2.75, 3.05) is 18.0 Å². The summed E-state index contributed by atoms with van der Waals surface area (Å²) in [4.78, 5) is 2.61. The number of anilines is 1. The zero-order valence-electron chi connectivity index (χ0n) is 13.8. The summed E-state index contributed by atoms with van der Waals surface area (Å²) in [6.07, 6.45) is 3.83. The average Bonchev–Trinajstić information content (AvgIpc) is 2.47. The predicted octanol–water partition coefficient (Wildman–Crippen LogP) is 5.13. The molecule has 0 aliphatic carbocycles. The van der Waals surface area contributed by atoms with Gasteiger partial charge in [0, 0.05) is 28.8 Å². The summed E-state index contributed by atoms with van der Waals surface area (Å²) in [7, 11) is 0. The van der Waals surface area contributed by atoms with E-state index in [1.165, 1.54) is 41.5 Å². The van der Waals surface area contributed by atoms with Crippen molar-refractivity contribution in [2.45, 2.75) is 59.0 Å². The normalized spacial score (nSPS) is 24.1. The van der Waals surface area contributed by atoms with Gasteiger partial charge in [0.25, 0.3) is 0 Å². The Labute approximate surface area is 138 Å². The molecule has 1 heterocycles. The molecule has 0 radical (unpaired) electrons. The highest BCUT2D eigenvalue weighted by molar-refractivity contribution is 9.10. The van der Waals surface area contributed by atoms with E-state index in [9.17, 15) is 0 Å². The Morgan fingerprint density at radius 1 is 1.38 bits per heavy atom. The van der Waals surface area contributed by atoms with Crippen molar-refractivity contribution >= 4 is 21.6 Å². The van der Waals surface area contributed by atoms with Gasteiger partial charge in [-0.3, -0.25) is 0 Å². The van der Waals surface area contributed by atoms with Crippen LogP contribution in [0.5, 0.6) is 0 Å². The number of hydrogen-bond acceptors (Lipinski definition) is 2. The standard InChI is InChI=1S/C18H29BrN2/c1-5-10-20-14(3)17-9-8-16(19)12-18(17)21-11-6-7-13(2)15(21)4/h8-9,12-15,20H,5-7,10-11H2,1-4H3. The van der Waals surface area contributed by atoms with E-state index in [0.717, 1.165) is 12.5 Å². The predicted molar refractivity (Wildman–Crippen MR) is 96.1 cm³/mol. The Hall–Kier alpha value is -0.540. The first-order valence-corrected chi connectivity index (χ1v) is 9.13. The second kappa shape index (κ2) is 7.64. The Kier molecular flexibility index (Phi) is 6.12. The van der Waals surface area contributed by atoms with E-state index in [0.29, 0.717) is 12.1 Å². The molecule has 0 saturated carbocycles. The van der Waals surface area contributed by atoms with Crippen LogP contribution in [0.2, 0.25) is 0 Å². The molecule has 0 amide bonds. The molecule has 3 atom stereocenters. The van der Waals surface area contributed by atoms with Crippen molar-refractivity contribution in [2.24, 2.45) is 5.92 Å². The van der Waals surface area contributed by atoms with Crippen molar-refractivity contribution in [3.05, 3.63) is 28.2 Å². The third-order valence-electron chi connectivity index (χ3n) is 4.84. The van der Waals surface area contributed by atoms with Crippen LogP contribution in [-0.2, 0) is 0 Å². The van der Waals surface area contributed by atoms with Crippen LogP contribution in [-0.4, -0.2) is 19.1 Å². The van der Waals surface area contributed by atoms with E-state index in [4.69, 9.17) is 0 Å². The molecule has 2 nitrogen and oxygen atoms in total. The van der Waals surface area contributed by atoms with Gasteiger partial charge in [-0.2, -0.15) is 0 Å². The Balaban J connectivity index is 2.30. The van der Waals surface area contributed by atoms with E-state index in [1.807, 2.05) is 0 Å². The van der Waals surface area contributed by atoms with Crippen molar-refractivity contribution in [3.63, 3.8) is 0 Å². The van der Waals surface area contributed by atoms with Gasteiger partial charge in [-0.1, -0.05) is 35.8 Å². The van der Waals surface area contributed by atoms with Crippen molar-refractivity contribution in [1.82, 2.24) is 5.32 Å². The molecule has 1 aromatic rings. The molecular weight excluding hydrogens is 324 g/mol. The topological polar surface area (TPSA) is 15.3 Å². The van der Waals surface area contributed by atoms with Gasteiger partial charge in [0.05, 0.1) is 0 Å². The number of hydrogen-bond donors (Lipinski definition) is 1. The molecule has 21 heavy (non-hydrogen) atoms. The number of nitrogens with zero attached hydrogens (tertiary/aromatic N) is 1. The molecule has 3 heteroatoms. The molecule has 0 bridgehead atoms. The van der Waals surface area contributed by atoms with Gasteiger partial charge in [0.15, 0.2) is 0 Å². The number of nitrogens with one attached hydrogen (secondary N) is 1. The first kappa shape index (κ1) is 16.8. The van der Waals surface area contributed by atoms with Crippen LogP contribution in [0.1, 0.15) is 58.6 Å². The first-order chi connectivity index (χ1) is 10.0. The van der Waals surface area contributed by atoms with Crippen LogP contribution in [0.3, 0.4) is 0 Å². The monoisotopic (exact) mass is 352 g/mol. The van der Waals surface area contributed by atoms with Crippen molar-refractivity contribution in [1.29, 1.82) is 0 Å². The lowest BCUT2D eigenvalue weighted by Crippen LogP contribution is -2.43. The third kappa shape index (κ3) is 4.01. The SMILES string of the molecule is CCCNC(C)c1ccc(Br)cc1N1CCCC(C)C1C. The molecule has 0 aromatic heterocycles. The highest BCUT2D eigenvalue weighted by Gasteiger charge is 2.27. The first-order valence-electron chi connectivity index (χ1n) is 8.34. The molecule has 1 aliphatic rings. The summed E-state index contributed by atoms with van der Waals surface area (Å²) in [6, 6.07) is 7.76. The number of halogens is 1. The lowest BCUT2D eigenvalue weighted by molar-refractivity contribution is 0.362. The minimum atomic E-state index is 0.400. The van der Waals surface area contributed by atoms with Crippen LogP contribution in [0.25, 0.3) is 0 Å². The molecular formula is C18H29BrN2. The third-order valence-corrected chi connectivity index (χ3v) is 5.34. The van der Waals surface area contributed by atoms with Gasteiger partial charge in [-0.05, 0) is 63.3 Å². The van der Waals surface area contributed by atoms with Crippen molar-refractivity contribution in [3.8, 4) is 0 Å². The lowest BCUT2D eigenvalue weighted by Gasteiger charge is -2.41. The van der Waals surface area contributed by atoms with Crippen LogP contribution in [0.15, 0.2) is 22.7 Å². The average molecular weight is 353 g/mol. The molecule has 1 aromatic carbocycles. The molecule has 1 aliphatic heterocycles. The van der Waals surface area contributed by atoms with Gasteiger partial charge < -0.3 is 10.2 Å². The summed E-state index contributed by atoms with van der Waals surface area (Å²) >= 11 is 3.65. The second-order valence-corrected chi connectivity index (χ2v) is 7.35. The maximum absolute atomic E-state index is 3.65. The van der Waals surface area contributed by atoms with E-state index in [-0.39, 0.29) is 0 Å². The van der Waals surface area contributed by atoms with Gasteiger partial charge in [0.1, 0.15) is 0 Å². The zero-order chi connectivity index (χ0) is 15.4. The molecule has 1 fully saturated rings. The van der Waals surface area contributed by atoms with Crippen molar-refractivity contribution < 1.29 is 0 Å². The van der Waals surface area contributed by atoms with Gasteiger partial charge in [-0.25, -0.2) is 0 Å². The summed E-state index contributed by atoms with van der Waals surface area (Å²) < 4.78 is 1.18. The van der Waals surface area contributed by atoms with Crippen LogP contribution < -0.4 is 10.2 Å². The molecule has 1 saturated heterocycles. The van der Waals surface area contributed by atoms with Crippen LogP contribution in [0.4, 0.5) is 5.69 Å². The lowest BCUT2D eigenvalue weighted by atomic mass is 9.90. The van der Waals surface area contributed by atoms with Crippen LogP contribution >= 0.6 is 15.9 Å². The summed E-state index contributed by atoms with van der Waals surface area (Å²) in [6.45, 7) is 11.5. The molecule has 1 N–H and O–H groups in total. The van der Waals surface area contributed by atoms with E-state index in [2.05, 4.69) is 72.0 Å². The summed E-state index contributed by atoms with van der Waals surface area (Å²) in [5, 5.41) is 3.63. The van der Waals surface area contributed by atoms with E-state index in [1.54, 1.807) is 0 Å². The highest BCUT2D eigenvalue weighted by atomic mass is 79.9. The highest BCUT2D eigenvalue weighted by Crippen LogP contribution is 2.35. The van der Waals surface area contributed by atoms with Gasteiger partial charge in [0.2, 0.25) is 0 Å². The zero-order valence-corrected chi connectivity index (χ0v) is 15.4. The van der Waals surface area contributed by atoms with Gasteiger partial charge >= 0.3 is 0 Å².